The SMILES string of the molecule is CCCCNC(=O)[C@@H](CC)N(Cc1ccc(Cl)cc1Cl)C(=O)CN(c1cccc(Cl)c1Cl)S(=O)(=O)c1ccc(C)cc1. The van der Waals surface area contributed by atoms with Gasteiger partial charge in [-0.2, -0.15) is 0 Å². The number of aryl methyl sites for hydroxylation is 1. The van der Waals surface area contributed by atoms with Gasteiger partial charge in [0, 0.05) is 23.1 Å². The molecule has 0 saturated heterocycles. The first-order valence-electron chi connectivity index (χ1n) is 13.4. The zero-order valence-electron chi connectivity index (χ0n) is 23.5. The second-order valence-electron chi connectivity index (χ2n) is 9.72. The second-order valence-corrected chi connectivity index (χ2v) is 13.2. The number of nitrogens with one attached hydrogen (secondary N) is 1. The summed E-state index contributed by atoms with van der Waals surface area (Å²) in [5.41, 5.74) is 1.44. The number of anilines is 1. The summed E-state index contributed by atoms with van der Waals surface area (Å²) < 4.78 is 28.9. The fraction of sp³-hybridized carbons (Fsp3) is 0.333. The van der Waals surface area contributed by atoms with Crippen molar-refractivity contribution in [1.82, 2.24) is 10.2 Å². The smallest absolute Gasteiger partial charge is 0.264 e. The van der Waals surface area contributed by atoms with E-state index in [1.165, 1.54) is 29.2 Å². The molecule has 3 rings (SSSR count). The highest BCUT2D eigenvalue weighted by molar-refractivity contribution is 7.92. The van der Waals surface area contributed by atoms with Crippen LogP contribution in [0.15, 0.2) is 65.6 Å². The standard InChI is InChI=1S/C30H33Cl4N3O4S/c1-4-6-16-35-30(39)26(5-2)36(18-21-12-13-22(31)17-25(21)33)28(38)19-37(27-9-7-8-24(32)29(27)34)42(40,41)23-14-10-20(3)11-15-23/h7-15,17,26H,4-6,16,18-19H2,1-3H3,(H,35,39)/t26-/m1/s1. The number of unbranched alkanes of at least 4 members (excludes halogenated alkanes) is 1. The van der Waals surface area contributed by atoms with E-state index in [0.717, 1.165) is 22.7 Å². The highest BCUT2D eigenvalue weighted by atomic mass is 35.5. The molecule has 0 heterocycles. The van der Waals surface area contributed by atoms with E-state index in [2.05, 4.69) is 5.32 Å². The van der Waals surface area contributed by atoms with Crippen molar-refractivity contribution in [2.75, 3.05) is 17.4 Å². The van der Waals surface area contributed by atoms with Crippen LogP contribution >= 0.6 is 46.4 Å². The minimum atomic E-state index is -4.30. The Balaban J connectivity index is 2.10. The summed E-state index contributed by atoms with van der Waals surface area (Å²) in [5.74, 6) is -0.983. The van der Waals surface area contributed by atoms with Gasteiger partial charge in [-0.05, 0) is 61.7 Å². The van der Waals surface area contributed by atoms with Crippen molar-refractivity contribution in [2.45, 2.75) is 57.5 Å². The third kappa shape index (κ3) is 8.32. The van der Waals surface area contributed by atoms with Crippen molar-refractivity contribution in [3.63, 3.8) is 0 Å². The molecule has 12 heteroatoms. The van der Waals surface area contributed by atoms with Crippen molar-refractivity contribution in [3.8, 4) is 0 Å². The van der Waals surface area contributed by atoms with Crippen LogP contribution in [0.2, 0.25) is 20.1 Å². The molecule has 0 spiro atoms. The maximum Gasteiger partial charge on any atom is 0.264 e. The van der Waals surface area contributed by atoms with Gasteiger partial charge < -0.3 is 10.2 Å². The van der Waals surface area contributed by atoms with E-state index in [4.69, 9.17) is 46.4 Å². The van der Waals surface area contributed by atoms with Gasteiger partial charge in [-0.1, -0.05) is 96.5 Å². The molecule has 0 aliphatic rings. The van der Waals surface area contributed by atoms with Gasteiger partial charge in [0.1, 0.15) is 12.6 Å². The van der Waals surface area contributed by atoms with Crippen molar-refractivity contribution in [1.29, 1.82) is 0 Å². The second kappa shape index (κ2) is 15.3. The van der Waals surface area contributed by atoms with Crippen LogP contribution in [0.5, 0.6) is 0 Å². The van der Waals surface area contributed by atoms with E-state index in [1.807, 2.05) is 13.8 Å². The molecule has 1 N–H and O–H groups in total. The van der Waals surface area contributed by atoms with Gasteiger partial charge in [0.05, 0.1) is 20.6 Å². The fourth-order valence-corrected chi connectivity index (χ4v) is 6.64. The highest BCUT2D eigenvalue weighted by Gasteiger charge is 2.35. The summed E-state index contributed by atoms with van der Waals surface area (Å²) in [7, 11) is -4.30. The summed E-state index contributed by atoms with van der Waals surface area (Å²) in [6.07, 6.45) is 1.93. The number of hydrogen-bond acceptors (Lipinski definition) is 4. The molecule has 0 aromatic heterocycles. The third-order valence-corrected chi connectivity index (χ3v) is 9.83. The van der Waals surface area contributed by atoms with Crippen LogP contribution in [0.3, 0.4) is 0 Å². The summed E-state index contributed by atoms with van der Waals surface area (Å²) in [5, 5.41) is 3.70. The number of carbonyl (C=O) groups is 2. The van der Waals surface area contributed by atoms with E-state index in [9.17, 15) is 18.0 Å². The van der Waals surface area contributed by atoms with Gasteiger partial charge in [-0.3, -0.25) is 13.9 Å². The average Bonchev–Trinajstić information content (AvgIpc) is 2.94. The van der Waals surface area contributed by atoms with Crippen molar-refractivity contribution in [3.05, 3.63) is 91.9 Å². The largest absolute Gasteiger partial charge is 0.354 e. The molecule has 0 saturated carbocycles. The average molecular weight is 673 g/mol. The maximum atomic E-state index is 14.2. The molecule has 0 unspecified atom stereocenters. The van der Waals surface area contributed by atoms with Crippen LogP contribution in [-0.2, 0) is 26.2 Å². The Morgan fingerprint density at radius 2 is 1.62 bits per heavy atom. The van der Waals surface area contributed by atoms with Gasteiger partial charge in [0.15, 0.2) is 0 Å². The first-order chi connectivity index (χ1) is 19.9. The molecule has 0 aliphatic heterocycles. The zero-order valence-corrected chi connectivity index (χ0v) is 27.4. The predicted octanol–water partition coefficient (Wildman–Crippen LogP) is 7.53. The molecule has 7 nitrogen and oxygen atoms in total. The molecule has 0 fully saturated rings. The van der Waals surface area contributed by atoms with Gasteiger partial charge in [-0.15, -0.1) is 0 Å². The quantitative estimate of drug-likeness (QED) is 0.190. The lowest BCUT2D eigenvalue weighted by molar-refractivity contribution is -0.140. The first kappa shape index (κ1) is 34.0. The predicted molar refractivity (Wildman–Crippen MR) is 171 cm³/mol. The number of benzene rings is 3. The monoisotopic (exact) mass is 671 g/mol. The molecule has 0 aliphatic carbocycles. The normalized spacial score (nSPS) is 12.1. The highest BCUT2D eigenvalue weighted by Crippen LogP contribution is 2.36. The summed E-state index contributed by atoms with van der Waals surface area (Å²) in [6, 6.07) is 14.7. The van der Waals surface area contributed by atoms with Crippen LogP contribution in [0.4, 0.5) is 5.69 Å². The Labute approximate surface area is 267 Å². The molecular formula is C30H33Cl4N3O4S. The maximum absolute atomic E-state index is 14.2. The number of carbonyl (C=O) groups excluding carboxylic acids is 2. The van der Waals surface area contributed by atoms with Crippen LogP contribution in [0, 0.1) is 6.92 Å². The molecule has 3 aromatic carbocycles. The first-order valence-corrected chi connectivity index (χ1v) is 16.4. The lowest BCUT2D eigenvalue weighted by Crippen LogP contribution is -2.52. The van der Waals surface area contributed by atoms with Gasteiger partial charge in [-0.25, -0.2) is 8.42 Å². The van der Waals surface area contributed by atoms with Crippen LogP contribution in [0.1, 0.15) is 44.2 Å². The molecule has 2 amide bonds. The van der Waals surface area contributed by atoms with Crippen LogP contribution in [0.25, 0.3) is 0 Å². The Bertz CT molecular complexity index is 1520. The topological polar surface area (TPSA) is 86.8 Å². The molecule has 42 heavy (non-hydrogen) atoms. The van der Waals surface area contributed by atoms with Gasteiger partial charge in [0.2, 0.25) is 11.8 Å². The Kier molecular flexibility index (Phi) is 12.4. The molecule has 3 aromatic rings. The molecule has 226 valence electrons. The van der Waals surface area contributed by atoms with E-state index >= 15 is 0 Å². The van der Waals surface area contributed by atoms with Crippen molar-refractivity contribution in [2.24, 2.45) is 0 Å². The lowest BCUT2D eigenvalue weighted by atomic mass is 10.1. The minimum absolute atomic E-state index is 0.0284. The molecule has 0 radical (unpaired) electrons. The van der Waals surface area contributed by atoms with E-state index < -0.39 is 28.5 Å². The van der Waals surface area contributed by atoms with Crippen molar-refractivity contribution < 1.29 is 18.0 Å². The number of amides is 2. The number of halogens is 4. The van der Waals surface area contributed by atoms with Crippen LogP contribution < -0.4 is 9.62 Å². The van der Waals surface area contributed by atoms with Gasteiger partial charge in [0.25, 0.3) is 10.0 Å². The fourth-order valence-electron chi connectivity index (χ4n) is 4.29. The third-order valence-electron chi connectivity index (χ3n) is 6.66. The molecule has 1 atom stereocenters. The van der Waals surface area contributed by atoms with E-state index in [1.54, 1.807) is 43.3 Å². The van der Waals surface area contributed by atoms with Crippen molar-refractivity contribution >= 4 is 73.9 Å². The Hall–Kier alpha value is -2.49. The number of nitrogens with zero attached hydrogens (tertiary/aromatic N) is 2. The van der Waals surface area contributed by atoms with E-state index in [0.29, 0.717) is 22.2 Å². The summed E-state index contributed by atoms with van der Waals surface area (Å²) >= 11 is 25.3. The number of rotatable bonds is 13. The van der Waals surface area contributed by atoms with Crippen LogP contribution in [-0.4, -0.2) is 44.3 Å². The lowest BCUT2D eigenvalue weighted by Gasteiger charge is -2.33. The zero-order chi connectivity index (χ0) is 31.0. The Morgan fingerprint density at radius 3 is 2.24 bits per heavy atom. The summed E-state index contributed by atoms with van der Waals surface area (Å²) in [6.45, 7) is 5.36. The number of hydrogen-bond donors (Lipinski definition) is 1. The molecule has 0 bridgehead atoms. The summed E-state index contributed by atoms with van der Waals surface area (Å²) in [4.78, 5) is 28.8. The minimum Gasteiger partial charge on any atom is -0.354 e. The van der Waals surface area contributed by atoms with E-state index in [-0.39, 0.29) is 39.5 Å². The molecular weight excluding hydrogens is 640 g/mol. The Morgan fingerprint density at radius 1 is 0.929 bits per heavy atom. The van der Waals surface area contributed by atoms with Gasteiger partial charge >= 0.3 is 0 Å². The number of sulfonamides is 1.